The van der Waals surface area contributed by atoms with Gasteiger partial charge in [0.15, 0.2) is 0 Å². The number of nitrogens with two attached hydrogens (primary N) is 1. The van der Waals surface area contributed by atoms with E-state index in [0.29, 0.717) is 13.0 Å². The fourth-order valence-corrected chi connectivity index (χ4v) is 3.41. The lowest BCUT2D eigenvalue weighted by molar-refractivity contribution is -0.131. The van der Waals surface area contributed by atoms with Crippen molar-refractivity contribution < 1.29 is 9.53 Å². The molecule has 1 fully saturated rings. The van der Waals surface area contributed by atoms with Crippen molar-refractivity contribution in [1.29, 1.82) is 0 Å². The summed E-state index contributed by atoms with van der Waals surface area (Å²) in [6.07, 6.45) is 1.29. The van der Waals surface area contributed by atoms with Crippen molar-refractivity contribution in [2.75, 3.05) is 46.4 Å². The Morgan fingerprint density at radius 2 is 2.29 bits per heavy atom. The normalized spacial score (nSPS) is 17.6. The van der Waals surface area contributed by atoms with Gasteiger partial charge in [-0.3, -0.25) is 9.69 Å². The van der Waals surface area contributed by atoms with E-state index in [4.69, 9.17) is 10.5 Å². The van der Waals surface area contributed by atoms with Gasteiger partial charge in [0.05, 0.1) is 19.3 Å². The molecule has 1 aliphatic rings. The van der Waals surface area contributed by atoms with Crippen molar-refractivity contribution in [1.82, 2.24) is 9.80 Å². The number of likely N-dealkylation sites (N-methyl/N-ethyl adjacent to an activating group) is 1. The van der Waals surface area contributed by atoms with Gasteiger partial charge in [0.2, 0.25) is 5.91 Å². The van der Waals surface area contributed by atoms with Crippen molar-refractivity contribution >= 4 is 17.2 Å². The molecular weight excluding hydrogens is 286 g/mol. The molecular formula is C15H25N3O2S. The third kappa shape index (κ3) is 4.78. The first-order valence-electron chi connectivity index (χ1n) is 7.51. The Bertz CT molecular complexity index is 419. The van der Waals surface area contributed by atoms with Gasteiger partial charge in [0.25, 0.3) is 0 Å². The molecule has 5 nitrogen and oxygen atoms in total. The molecule has 0 saturated carbocycles. The van der Waals surface area contributed by atoms with Crippen LogP contribution in [0.15, 0.2) is 17.5 Å². The van der Waals surface area contributed by atoms with Crippen LogP contribution in [0.2, 0.25) is 0 Å². The second kappa shape index (κ2) is 8.48. The molecule has 2 rings (SSSR count). The van der Waals surface area contributed by atoms with E-state index in [0.717, 1.165) is 39.3 Å². The van der Waals surface area contributed by atoms with Crippen molar-refractivity contribution in [2.24, 2.45) is 5.73 Å². The van der Waals surface area contributed by atoms with E-state index < -0.39 is 0 Å². The fourth-order valence-electron chi connectivity index (χ4n) is 2.56. The molecule has 1 aromatic heterocycles. The molecule has 0 aromatic carbocycles. The standard InChI is InChI=1S/C15H25N3O2S/c1-17(15(19)5-2-6-16)12-13(14-4-3-11-21-14)18-7-9-20-10-8-18/h3-4,11,13H,2,5-10,12,16H2,1H3. The van der Waals surface area contributed by atoms with Crippen LogP contribution in [-0.4, -0.2) is 62.1 Å². The van der Waals surface area contributed by atoms with Crippen LogP contribution in [0.4, 0.5) is 0 Å². The SMILES string of the molecule is CN(CC(c1cccs1)N1CCOCC1)C(=O)CCCN. The van der Waals surface area contributed by atoms with Gasteiger partial charge in [-0.15, -0.1) is 11.3 Å². The fraction of sp³-hybridized carbons (Fsp3) is 0.667. The number of thiophene rings is 1. The molecule has 1 unspecified atom stereocenters. The average Bonchev–Trinajstić information content (AvgIpc) is 3.04. The summed E-state index contributed by atoms with van der Waals surface area (Å²) in [6.45, 7) is 4.68. The maximum absolute atomic E-state index is 12.1. The van der Waals surface area contributed by atoms with Gasteiger partial charge in [0, 0.05) is 38.0 Å². The van der Waals surface area contributed by atoms with Gasteiger partial charge in [-0.2, -0.15) is 0 Å². The maximum atomic E-state index is 12.1. The first-order valence-corrected chi connectivity index (χ1v) is 8.39. The van der Waals surface area contributed by atoms with Crippen molar-refractivity contribution in [2.45, 2.75) is 18.9 Å². The highest BCUT2D eigenvalue weighted by Crippen LogP contribution is 2.26. The highest BCUT2D eigenvalue weighted by atomic mass is 32.1. The van der Waals surface area contributed by atoms with Crippen molar-refractivity contribution in [3.05, 3.63) is 22.4 Å². The largest absolute Gasteiger partial charge is 0.379 e. The number of ether oxygens (including phenoxy) is 1. The Balaban J connectivity index is 2.00. The van der Waals surface area contributed by atoms with Gasteiger partial charge < -0.3 is 15.4 Å². The minimum Gasteiger partial charge on any atom is -0.379 e. The first-order chi connectivity index (χ1) is 10.2. The molecule has 0 bridgehead atoms. The van der Waals surface area contributed by atoms with Crippen LogP contribution in [0.1, 0.15) is 23.8 Å². The molecule has 118 valence electrons. The van der Waals surface area contributed by atoms with Crippen LogP contribution in [-0.2, 0) is 9.53 Å². The van der Waals surface area contributed by atoms with E-state index in [9.17, 15) is 4.79 Å². The molecule has 0 spiro atoms. The zero-order chi connectivity index (χ0) is 15.1. The van der Waals surface area contributed by atoms with Crippen LogP contribution in [0.5, 0.6) is 0 Å². The van der Waals surface area contributed by atoms with Crippen LogP contribution in [0.25, 0.3) is 0 Å². The number of hydrogen-bond donors (Lipinski definition) is 1. The number of morpholine rings is 1. The van der Waals surface area contributed by atoms with E-state index in [1.54, 1.807) is 11.3 Å². The van der Waals surface area contributed by atoms with E-state index in [1.165, 1.54) is 4.88 Å². The van der Waals surface area contributed by atoms with Gasteiger partial charge in [-0.1, -0.05) is 6.07 Å². The van der Waals surface area contributed by atoms with E-state index in [-0.39, 0.29) is 11.9 Å². The van der Waals surface area contributed by atoms with E-state index >= 15 is 0 Å². The van der Waals surface area contributed by atoms with Crippen LogP contribution in [0, 0.1) is 0 Å². The molecule has 21 heavy (non-hydrogen) atoms. The molecule has 0 radical (unpaired) electrons. The van der Waals surface area contributed by atoms with Gasteiger partial charge >= 0.3 is 0 Å². The summed E-state index contributed by atoms with van der Waals surface area (Å²) in [5.41, 5.74) is 5.48. The van der Waals surface area contributed by atoms with Crippen LogP contribution in [0.3, 0.4) is 0 Å². The number of hydrogen-bond acceptors (Lipinski definition) is 5. The summed E-state index contributed by atoms with van der Waals surface area (Å²) < 4.78 is 5.44. The summed E-state index contributed by atoms with van der Waals surface area (Å²) in [7, 11) is 1.89. The molecule has 1 aliphatic heterocycles. The quantitative estimate of drug-likeness (QED) is 0.825. The second-order valence-electron chi connectivity index (χ2n) is 5.35. The van der Waals surface area contributed by atoms with Crippen LogP contribution >= 0.6 is 11.3 Å². The highest BCUT2D eigenvalue weighted by Gasteiger charge is 2.25. The zero-order valence-electron chi connectivity index (χ0n) is 12.7. The number of rotatable bonds is 7. The second-order valence-corrected chi connectivity index (χ2v) is 6.33. The summed E-state index contributed by atoms with van der Waals surface area (Å²) in [5, 5.41) is 2.10. The predicted octanol–water partition coefficient (Wildman–Crippen LogP) is 1.32. The molecule has 1 amide bonds. The van der Waals surface area contributed by atoms with E-state index in [2.05, 4.69) is 22.4 Å². The molecule has 1 aromatic rings. The summed E-state index contributed by atoms with van der Waals surface area (Å²) in [6, 6.07) is 4.49. The Morgan fingerprint density at radius 3 is 2.90 bits per heavy atom. The Morgan fingerprint density at radius 1 is 1.52 bits per heavy atom. The number of amides is 1. The lowest BCUT2D eigenvalue weighted by Crippen LogP contribution is -2.44. The maximum Gasteiger partial charge on any atom is 0.222 e. The zero-order valence-corrected chi connectivity index (χ0v) is 13.5. The van der Waals surface area contributed by atoms with Gasteiger partial charge in [-0.25, -0.2) is 0 Å². The molecule has 0 aliphatic carbocycles. The topological polar surface area (TPSA) is 58.8 Å². The summed E-state index contributed by atoms with van der Waals surface area (Å²) in [4.78, 5) is 17.7. The van der Waals surface area contributed by atoms with Gasteiger partial charge in [0.1, 0.15) is 0 Å². The monoisotopic (exact) mass is 311 g/mol. The third-order valence-electron chi connectivity index (χ3n) is 3.83. The minimum atomic E-state index is 0.176. The first kappa shape index (κ1) is 16.4. The average molecular weight is 311 g/mol. The lowest BCUT2D eigenvalue weighted by atomic mass is 10.1. The Kier molecular flexibility index (Phi) is 6.63. The number of nitrogens with zero attached hydrogens (tertiary/aromatic N) is 2. The lowest BCUT2D eigenvalue weighted by Gasteiger charge is -2.36. The number of carbonyl (C=O) groups excluding carboxylic acids is 1. The highest BCUT2D eigenvalue weighted by molar-refractivity contribution is 7.10. The molecule has 2 heterocycles. The minimum absolute atomic E-state index is 0.176. The molecule has 2 N–H and O–H groups in total. The summed E-state index contributed by atoms with van der Waals surface area (Å²) in [5.74, 6) is 0.176. The Hall–Kier alpha value is -0.950. The van der Waals surface area contributed by atoms with E-state index in [1.807, 2.05) is 11.9 Å². The predicted molar refractivity (Wildman–Crippen MR) is 85.4 cm³/mol. The number of carbonyl (C=O) groups is 1. The third-order valence-corrected chi connectivity index (χ3v) is 4.80. The Labute approximate surface area is 130 Å². The summed E-state index contributed by atoms with van der Waals surface area (Å²) >= 11 is 1.76. The van der Waals surface area contributed by atoms with Crippen molar-refractivity contribution in [3.63, 3.8) is 0 Å². The molecule has 6 heteroatoms. The smallest absolute Gasteiger partial charge is 0.222 e. The van der Waals surface area contributed by atoms with Crippen molar-refractivity contribution in [3.8, 4) is 0 Å². The molecule has 1 saturated heterocycles. The van der Waals surface area contributed by atoms with Crippen LogP contribution < -0.4 is 5.73 Å². The molecule has 1 atom stereocenters. The van der Waals surface area contributed by atoms with Gasteiger partial charge in [-0.05, 0) is 24.4 Å².